The standard InChI is InChI=1S/C77H147NO18/c1-3-5-7-9-11-13-15-16-17-18-19-20-21-22-23-24-25-26-27-28-29-30-31-32-33-34-35-36-37-38-39-40-41-42-43-45-47-49-51-53-55-65(83)78-60(61(82)54-52-50-48-46-44-14-12-10-8-6-4-2)59-91-75-71(89)68(86)73(63(57-80)93-75)96-77-72(90)69(87)74(64(58-81)94-77)95-76-70(88)67(85)66(84)62(56-79)92-76/h52,54,60-64,66-77,79-82,84-90H,3-51,53,55-59H2,1-2H3,(H,78,83)/b54-52+. The summed E-state index contributed by atoms with van der Waals surface area (Å²) in [5, 5.41) is 120. The number of aliphatic hydroxyl groups excluding tert-OH is 11. The Morgan fingerprint density at radius 3 is 0.979 bits per heavy atom. The van der Waals surface area contributed by atoms with E-state index in [9.17, 15) is 61.0 Å². The van der Waals surface area contributed by atoms with E-state index in [0.717, 1.165) is 44.9 Å². The van der Waals surface area contributed by atoms with Gasteiger partial charge in [0.15, 0.2) is 18.9 Å². The summed E-state index contributed by atoms with van der Waals surface area (Å²) >= 11 is 0. The van der Waals surface area contributed by atoms with Crippen molar-refractivity contribution < 1.29 is 89.4 Å². The minimum Gasteiger partial charge on any atom is -0.394 e. The van der Waals surface area contributed by atoms with Crippen LogP contribution >= 0.6 is 0 Å². The molecule has 0 radical (unpaired) electrons. The lowest BCUT2D eigenvalue weighted by Crippen LogP contribution is -2.66. The lowest BCUT2D eigenvalue weighted by Gasteiger charge is -2.48. The number of hydrogen-bond acceptors (Lipinski definition) is 18. The molecule has 0 bridgehead atoms. The molecule has 19 nitrogen and oxygen atoms in total. The van der Waals surface area contributed by atoms with Gasteiger partial charge in [-0.15, -0.1) is 0 Å². The van der Waals surface area contributed by atoms with Crippen LogP contribution < -0.4 is 5.32 Å². The molecular formula is C77H147NO18. The van der Waals surface area contributed by atoms with E-state index in [0.29, 0.717) is 6.42 Å². The first kappa shape index (κ1) is 88.7. The lowest BCUT2D eigenvalue weighted by molar-refractivity contribution is -0.379. The molecule has 0 spiro atoms. The third kappa shape index (κ3) is 39.3. The van der Waals surface area contributed by atoms with Gasteiger partial charge in [-0.2, -0.15) is 0 Å². The smallest absolute Gasteiger partial charge is 0.220 e. The van der Waals surface area contributed by atoms with Crippen molar-refractivity contribution in [2.45, 2.75) is 446 Å². The summed E-state index contributed by atoms with van der Waals surface area (Å²) in [4.78, 5) is 13.4. The highest BCUT2D eigenvalue weighted by Gasteiger charge is 2.54. The molecule has 3 aliphatic rings. The molecule has 1 amide bonds. The van der Waals surface area contributed by atoms with Crippen molar-refractivity contribution in [1.29, 1.82) is 0 Å². The van der Waals surface area contributed by atoms with Crippen LogP contribution in [0.15, 0.2) is 12.2 Å². The van der Waals surface area contributed by atoms with E-state index < -0.39 is 124 Å². The highest BCUT2D eigenvalue weighted by Crippen LogP contribution is 2.33. The molecule has 0 aliphatic carbocycles. The zero-order chi connectivity index (χ0) is 69.6. The molecule has 0 aromatic rings. The van der Waals surface area contributed by atoms with Crippen LogP contribution in [0, 0.1) is 0 Å². The quantitative estimate of drug-likeness (QED) is 0.0199. The van der Waals surface area contributed by atoms with Gasteiger partial charge in [-0.1, -0.05) is 328 Å². The Hall–Kier alpha value is -1.47. The molecule has 0 aromatic carbocycles. The topological polar surface area (TPSA) is 307 Å². The third-order valence-corrected chi connectivity index (χ3v) is 20.3. The molecule has 3 rings (SSSR count). The molecule has 12 N–H and O–H groups in total. The summed E-state index contributed by atoms with van der Waals surface area (Å²) in [6.07, 6.45) is 42.7. The van der Waals surface area contributed by atoms with E-state index in [2.05, 4.69) is 19.2 Å². The summed E-state index contributed by atoms with van der Waals surface area (Å²) in [5.41, 5.74) is 0. The average Bonchev–Trinajstić information content (AvgIpc) is 0.791. The highest BCUT2D eigenvalue weighted by molar-refractivity contribution is 5.76. The molecule has 0 saturated carbocycles. The summed E-state index contributed by atoms with van der Waals surface area (Å²) in [6, 6.07) is -0.968. The van der Waals surface area contributed by atoms with Crippen LogP contribution in [0.2, 0.25) is 0 Å². The largest absolute Gasteiger partial charge is 0.394 e. The van der Waals surface area contributed by atoms with E-state index in [1.807, 2.05) is 6.08 Å². The molecular weight excluding hydrogens is 1230 g/mol. The molecule has 17 unspecified atom stereocenters. The lowest BCUT2D eigenvalue weighted by atomic mass is 9.96. The van der Waals surface area contributed by atoms with Gasteiger partial charge >= 0.3 is 0 Å². The Balaban J connectivity index is 1.25. The van der Waals surface area contributed by atoms with E-state index in [4.69, 9.17) is 28.4 Å². The molecule has 17 atom stereocenters. The number of nitrogens with one attached hydrogen (secondary N) is 1. The molecule has 3 fully saturated rings. The first-order valence-electron chi connectivity index (χ1n) is 39.9. The van der Waals surface area contributed by atoms with Crippen molar-refractivity contribution in [1.82, 2.24) is 5.32 Å². The average molecular weight is 1380 g/mol. The van der Waals surface area contributed by atoms with Gasteiger partial charge in [0.1, 0.15) is 73.2 Å². The van der Waals surface area contributed by atoms with Crippen molar-refractivity contribution in [3.05, 3.63) is 12.2 Å². The van der Waals surface area contributed by atoms with Gasteiger partial charge in [0.25, 0.3) is 0 Å². The van der Waals surface area contributed by atoms with Crippen LogP contribution in [0.25, 0.3) is 0 Å². The summed E-state index contributed by atoms with van der Waals surface area (Å²) in [5.74, 6) is -0.270. The number of allylic oxidation sites excluding steroid dienone is 1. The van der Waals surface area contributed by atoms with E-state index >= 15 is 0 Å². The number of rotatable bonds is 64. The summed E-state index contributed by atoms with van der Waals surface area (Å²) in [6.45, 7) is 1.75. The van der Waals surface area contributed by atoms with Crippen LogP contribution in [0.3, 0.4) is 0 Å². The number of carbonyl (C=O) groups is 1. The number of aliphatic hydroxyl groups is 11. The maximum absolute atomic E-state index is 13.4. The number of carbonyl (C=O) groups excluding carboxylic acids is 1. The SMILES string of the molecule is CCCCCCCCCCC/C=C/C(O)C(COC1OC(CO)C(OC2OC(CO)C(OC3OC(CO)C(O)C(O)C3O)C(O)C2O)C(O)C1O)NC(=O)CCCCCCCCCCCCCCCCCCCCCCCCCCCCCCCCCCCCCCCCCC. The van der Waals surface area contributed by atoms with Crippen molar-refractivity contribution >= 4 is 5.91 Å². The number of unbranched alkanes of at least 4 members (excludes halogenated alkanes) is 48. The van der Waals surface area contributed by atoms with Crippen LogP contribution in [0.4, 0.5) is 0 Å². The van der Waals surface area contributed by atoms with E-state index in [-0.39, 0.29) is 18.9 Å². The second kappa shape index (κ2) is 59.0. The fourth-order valence-corrected chi connectivity index (χ4v) is 13.9. The van der Waals surface area contributed by atoms with Gasteiger partial charge in [-0.25, -0.2) is 0 Å². The number of hydrogen-bond donors (Lipinski definition) is 12. The molecule has 568 valence electrons. The van der Waals surface area contributed by atoms with Crippen LogP contribution in [-0.2, 0) is 33.2 Å². The Labute approximate surface area is 582 Å². The normalized spacial score (nSPS) is 27.0. The predicted octanol–water partition coefficient (Wildman–Crippen LogP) is 12.8. The van der Waals surface area contributed by atoms with Crippen molar-refractivity contribution in [2.24, 2.45) is 0 Å². The number of ether oxygens (including phenoxy) is 6. The van der Waals surface area contributed by atoms with Gasteiger partial charge in [-0.3, -0.25) is 4.79 Å². The maximum atomic E-state index is 13.4. The summed E-state index contributed by atoms with van der Waals surface area (Å²) < 4.78 is 34.3. The number of amides is 1. The molecule has 3 heterocycles. The molecule has 96 heavy (non-hydrogen) atoms. The van der Waals surface area contributed by atoms with E-state index in [1.54, 1.807) is 6.08 Å². The highest BCUT2D eigenvalue weighted by atomic mass is 16.8. The Bertz CT molecular complexity index is 1790. The first-order chi connectivity index (χ1) is 46.8. The van der Waals surface area contributed by atoms with Crippen molar-refractivity contribution in [2.75, 3.05) is 26.4 Å². The van der Waals surface area contributed by atoms with Gasteiger partial charge in [0.2, 0.25) is 5.91 Å². The minimum atomic E-state index is -1.98. The Morgan fingerprint density at radius 2 is 0.646 bits per heavy atom. The van der Waals surface area contributed by atoms with Crippen molar-refractivity contribution in [3.8, 4) is 0 Å². The first-order valence-corrected chi connectivity index (χ1v) is 39.9. The van der Waals surface area contributed by atoms with Crippen LogP contribution in [0.5, 0.6) is 0 Å². The van der Waals surface area contributed by atoms with E-state index in [1.165, 1.54) is 270 Å². The fourth-order valence-electron chi connectivity index (χ4n) is 13.9. The van der Waals surface area contributed by atoms with Gasteiger partial charge in [-0.05, 0) is 19.3 Å². The zero-order valence-electron chi connectivity index (χ0n) is 60.6. The summed E-state index contributed by atoms with van der Waals surface area (Å²) in [7, 11) is 0. The second-order valence-electron chi connectivity index (χ2n) is 28.9. The van der Waals surface area contributed by atoms with Crippen molar-refractivity contribution in [3.63, 3.8) is 0 Å². The fraction of sp³-hybridized carbons (Fsp3) is 0.961. The zero-order valence-corrected chi connectivity index (χ0v) is 60.6. The Morgan fingerprint density at radius 1 is 0.365 bits per heavy atom. The molecule has 3 aliphatic heterocycles. The molecule has 3 saturated heterocycles. The van der Waals surface area contributed by atoms with Gasteiger partial charge in [0, 0.05) is 6.42 Å². The Kier molecular flexibility index (Phi) is 54.5. The molecule has 0 aromatic heterocycles. The third-order valence-electron chi connectivity index (χ3n) is 20.3. The van der Waals surface area contributed by atoms with Crippen LogP contribution in [0.1, 0.15) is 341 Å². The maximum Gasteiger partial charge on any atom is 0.220 e. The monoisotopic (exact) mass is 1370 g/mol. The molecule has 19 heteroatoms. The van der Waals surface area contributed by atoms with Crippen LogP contribution in [-0.4, -0.2) is 193 Å². The van der Waals surface area contributed by atoms with Gasteiger partial charge < -0.3 is 89.9 Å². The van der Waals surface area contributed by atoms with Gasteiger partial charge in [0.05, 0.1) is 38.6 Å². The second-order valence-corrected chi connectivity index (χ2v) is 28.9. The minimum absolute atomic E-state index is 0.250. The predicted molar refractivity (Wildman–Crippen MR) is 379 cm³/mol.